The molecule has 38 heavy (non-hydrogen) atoms. The summed E-state index contributed by atoms with van der Waals surface area (Å²) in [5.74, 6) is 3.28. The monoisotopic (exact) mass is 500 g/mol. The maximum atomic E-state index is 6.02. The predicted octanol–water partition coefficient (Wildman–Crippen LogP) is 8.23. The van der Waals surface area contributed by atoms with Gasteiger partial charge in [0.05, 0.1) is 0 Å². The lowest BCUT2D eigenvalue weighted by atomic mass is 10.0. The molecule has 0 saturated heterocycles. The zero-order valence-electron chi connectivity index (χ0n) is 21.8. The largest absolute Gasteiger partial charge is 0.457 e. The number of rotatable bonds is 8. The molecule has 5 aromatic carbocycles. The van der Waals surface area contributed by atoms with E-state index in [1.807, 2.05) is 74.5 Å². The van der Waals surface area contributed by atoms with E-state index in [1.165, 1.54) is 22.3 Å². The summed E-state index contributed by atoms with van der Waals surface area (Å²) < 4.78 is 12.0. The molecule has 0 unspecified atom stereocenters. The van der Waals surface area contributed by atoms with E-state index in [4.69, 9.17) is 20.9 Å². The van der Waals surface area contributed by atoms with Gasteiger partial charge in [0.2, 0.25) is 0 Å². The first-order valence-electron chi connectivity index (χ1n) is 12.7. The first-order chi connectivity index (χ1) is 18.4. The molecule has 0 aliphatic carbocycles. The van der Waals surface area contributed by atoms with Gasteiger partial charge in [0.1, 0.15) is 23.0 Å². The molecule has 0 fully saturated rings. The van der Waals surface area contributed by atoms with E-state index in [0.717, 1.165) is 58.3 Å². The molecular weight excluding hydrogens is 468 g/mol. The fraction of sp³-hybridized carbons (Fsp3) is 0.118. The molecule has 0 aromatic heterocycles. The van der Waals surface area contributed by atoms with Gasteiger partial charge in [-0.25, -0.2) is 0 Å². The molecule has 5 aromatic rings. The number of nitrogen functional groups attached to an aromatic ring is 2. The van der Waals surface area contributed by atoms with Crippen LogP contribution in [0.3, 0.4) is 0 Å². The van der Waals surface area contributed by atoms with Gasteiger partial charge in [0.25, 0.3) is 0 Å². The van der Waals surface area contributed by atoms with Gasteiger partial charge in [-0.15, -0.1) is 0 Å². The highest BCUT2D eigenvalue weighted by molar-refractivity contribution is 5.50. The van der Waals surface area contributed by atoms with Crippen LogP contribution in [0.25, 0.3) is 0 Å². The van der Waals surface area contributed by atoms with Crippen LogP contribution in [-0.4, -0.2) is 0 Å². The molecule has 0 heterocycles. The predicted molar refractivity (Wildman–Crippen MR) is 156 cm³/mol. The third kappa shape index (κ3) is 6.34. The SMILES string of the molecule is Cc1cc(N)ccc1Oc1ccc(Cc2ccc(Cc3ccc(Oc4ccc(N)cc4C)cc3)cc2)cc1. The average molecular weight is 501 g/mol. The Kier molecular flexibility index (Phi) is 7.32. The van der Waals surface area contributed by atoms with Crippen molar-refractivity contribution in [3.8, 4) is 23.0 Å². The van der Waals surface area contributed by atoms with Gasteiger partial charge in [-0.1, -0.05) is 48.5 Å². The molecule has 0 bridgehead atoms. The van der Waals surface area contributed by atoms with Crippen LogP contribution in [0.2, 0.25) is 0 Å². The highest BCUT2D eigenvalue weighted by Crippen LogP contribution is 2.28. The van der Waals surface area contributed by atoms with E-state index in [9.17, 15) is 0 Å². The third-order valence-electron chi connectivity index (χ3n) is 6.54. The Hall–Kier alpha value is -4.70. The van der Waals surface area contributed by atoms with Crippen LogP contribution < -0.4 is 20.9 Å². The number of nitrogens with two attached hydrogens (primary N) is 2. The highest BCUT2D eigenvalue weighted by Gasteiger charge is 2.05. The van der Waals surface area contributed by atoms with Crippen LogP contribution in [0.5, 0.6) is 23.0 Å². The Balaban J connectivity index is 1.16. The highest BCUT2D eigenvalue weighted by atomic mass is 16.5. The molecule has 190 valence electrons. The van der Waals surface area contributed by atoms with Gasteiger partial charge in [-0.05, 0) is 121 Å². The van der Waals surface area contributed by atoms with Crippen molar-refractivity contribution in [3.63, 3.8) is 0 Å². The molecule has 5 rings (SSSR count). The lowest BCUT2D eigenvalue weighted by Gasteiger charge is -2.11. The number of anilines is 2. The van der Waals surface area contributed by atoms with Gasteiger partial charge in [-0.3, -0.25) is 0 Å². The minimum absolute atomic E-state index is 0.740. The normalized spacial score (nSPS) is 10.8. The van der Waals surface area contributed by atoms with Crippen LogP contribution in [0.4, 0.5) is 11.4 Å². The van der Waals surface area contributed by atoms with Crippen LogP contribution >= 0.6 is 0 Å². The van der Waals surface area contributed by atoms with Gasteiger partial charge < -0.3 is 20.9 Å². The number of ether oxygens (including phenoxy) is 2. The van der Waals surface area contributed by atoms with Crippen LogP contribution in [0.15, 0.2) is 109 Å². The molecule has 0 aliphatic rings. The summed E-state index contributed by atoms with van der Waals surface area (Å²) in [5, 5.41) is 0. The molecule has 0 aliphatic heterocycles. The van der Waals surface area contributed by atoms with Crippen LogP contribution in [0, 0.1) is 13.8 Å². The molecule has 0 amide bonds. The fourth-order valence-corrected chi connectivity index (χ4v) is 4.43. The summed E-state index contributed by atoms with van der Waals surface area (Å²) in [6.07, 6.45) is 1.75. The summed E-state index contributed by atoms with van der Waals surface area (Å²) in [4.78, 5) is 0. The molecule has 4 heteroatoms. The molecule has 0 saturated carbocycles. The Labute approximate surface area is 224 Å². The summed E-state index contributed by atoms with van der Waals surface area (Å²) in [7, 11) is 0. The average Bonchev–Trinajstić information content (AvgIpc) is 2.91. The summed E-state index contributed by atoms with van der Waals surface area (Å²) in [6.45, 7) is 3.99. The van der Waals surface area contributed by atoms with Crippen LogP contribution in [0.1, 0.15) is 33.4 Å². The lowest BCUT2D eigenvalue weighted by Crippen LogP contribution is -1.93. The summed E-state index contributed by atoms with van der Waals surface area (Å²) >= 11 is 0. The van der Waals surface area contributed by atoms with Gasteiger partial charge in [-0.2, -0.15) is 0 Å². The van der Waals surface area contributed by atoms with E-state index in [1.54, 1.807) is 0 Å². The Morgan fingerprint density at radius 1 is 0.447 bits per heavy atom. The number of hydrogen-bond donors (Lipinski definition) is 2. The summed E-state index contributed by atoms with van der Waals surface area (Å²) in [5.41, 5.74) is 20.2. The van der Waals surface area contributed by atoms with Gasteiger partial charge in [0, 0.05) is 11.4 Å². The van der Waals surface area contributed by atoms with Gasteiger partial charge >= 0.3 is 0 Å². The van der Waals surface area contributed by atoms with Crippen molar-refractivity contribution in [3.05, 3.63) is 143 Å². The minimum atomic E-state index is 0.740. The Morgan fingerprint density at radius 2 is 0.763 bits per heavy atom. The quantitative estimate of drug-likeness (QED) is 0.211. The first-order valence-corrected chi connectivity index (χ1v) is 12.7. The zero-order chi connectivity index (χ0) is 26.5. The second-order valence-electron chi connectivity index (χ2n) is 9.71. The Bertz CT molecular complexity index is 1410. The number of benzene rings is 5. The second-order valence-corrected chi connectivity index (χ2v) is 9.71. The topological polar surface area (TPSA) is 70.5 Å². The second kappa shape index (κ2) is 11.1. The Morgan fingerprint density at radius 3 is 1.08 bits per heavy atom. The van der Waals surface area contributed by atoms with E-state index >= 15 is 0 Å². The van der Waals surface area contributed by atoms with Crippen molar-refractivity contribution in [2.75, 3.05) is 11.5 Å². The molecular formula is C34H32N2O2. The maximum Gasteiger partial charge on any atom is 0.130 e. The third-order valence-corrected chi connectivity index (χ3v) is 6.54. The van der Waals surface area contributed by atoms with Crippen molar-refractivity contribution in [1.29, 1.82) is 0 Å². The number of hydrogen-bond acceptors (Lipinski definition) is 4. The fourth-order valence-electron chi connectivity index (χ4n) is 4.43. The standard InChI is InChI=1S/C34H32N2O2/c1-23-19-29(35)11-17-33(23)37-31-13-7-27(8-14-31)21-25-3-5-26(6-4-25)22-28-9-15-32(16-10-28)38-34-18-12-30(36)20-24(34)2/h3-20H,21-22,35-36H2,1-2H3. The maximum absolute atomic E-state index is 6.02. The zero-order valence-corrected chi connectivity index (χ0v) is 21.8. The smallest absolute Gasteiger partial charge is 0.130 e. The molecule has 4 nitrogen and oxygen atoms in total. The van der Waals surface area contributed by atoms with Crippen molar-refractivity contribution < 1.29 is 9.47 Å². The molecule has 0 spiro atoms. The van der Waals surface area contributed by atoms with E-state index < -0.39 is 0 Å². The minimum Gasteiger partial charge on any atom is -0.457 e. The van der Waals surface area contributed by atoms with Crippen molar-refractivity contribution >= 4 is 11.4 Å². The van der Waals surface area contributed by atoms with E-state index in [0.29, 0.717) is 0 Å². The molecule has 4 N–H and O–H groups in total. The van der Waals surface area contributed by atoms with Crippen molar-refractivity contribution in [2.45, 2.75) is 26.7 Å². The summed E-state index contributed by atoms with van der Waals surface area (Å²) in [6, 6.07) is 36.7. The van der Waals surface area contributed by atoms with Gasteiger partial charge in [0.15, 0.2) is 0 Å². The van der Waals surface area contributed by atoms with E-state index in [2.05, 4.69) is 48.5 Å². The van der Waals surface area contributed by atoms with E-state index in [-0.39, 0.29) is 0 Å². The molecule has 0 atom stereocenters. The van der Waals surface area contributed by atoms with Crippen molar-refractivity contribution in [1.82, 2.24) is 0 Å². The van der Waals surface area contributed by atoms with Crippen LogP contribution in [-0.2, 0) is 12.8 Å². The first kappa shape index (κ1) is 25.0. The van der Waals surface area contributed by atoms with Crippen molar-refractivity contribution in [2.24, 2.45) is 0 Å². The molecule has 0 radical (unpaired) electrons. The lowest BCUT2D eigenvalue weighted by molar-refractivity contribution is 0.478. The number of aryl methyl sites for hydroxylation is 2.